The van der Waals surface area contributed by atoms with Gasteiger partial charge in [-0.05, 0) is 25.7 Å². The van der Waals surface area contributed by atoms with E-state index >= 15 is 0 Å². The molecule has 3 aliphatic rings. The predicted octanol–water partition coefficient (Wildman–Crippen LogP) is 2.90. The third-order valence-electron chi connectivity index (χ3n) is 7.79. The van der Waals surface area contributed by atoms with E-state index < -0.39 is 0 Å². The molecule has 1 amide bonds. The van der Waals surface area contributed by atoms with E-state index in [1.807, 2.05) is 0 Å². The molecule has 1 aliphatic heterocycles. The first-order valence-corrected chi connectivity index (χ1v) is 12.0. The summed E-state index contributed by atoms with van der Waals surface area (Å²) in [6.45, 7) is 3.53. The van der Waals surface area contributed by atoms with Crippen molar-refractivity contribution in [3.8, 4) is 0 Å². The SMILES string of the molecule is O=C1[C@@H]2CCC[C@H]1CC(C(=O)N1CC[NH+](C(c3ccccc3)c3ccccc3)CC1)C2. The van der Waals surface area contributed by atoms with Crippen molar-refractivity contribution < 1.29 is 14.5 Å². The van der Waals surface area contributed by atoms with Gasteiger partial charge in [0.1, 0.15) is 11.8 Å². The summed E-state index contributed by atoms with van der Waals surface area (Å²) in [5, 5.41) is 0. The van der Waals surface area contributed by atoms with Crippen LogP contribution in [0.1, 0.15) is 49.3 Å². The van der Waals surface area contributed by atoms with Crippen LogP contribution in [0.4, 0.5) is 0 Å². The Balaban J connectivity index is 1.27. The molecule has 5 rings (SSSR count). The van der Waals surface area contributed by atoms with Gasteiger partial charge in [-0.15, -0.1) is 0 Å². The first kappa shape index (κ1) is 20.4. The van der Waals surface area contributed by atoms with Gasteiger partial charge in [-0.2, -0.15) is 0 Å². The van der Waals surface area contributed by atoms with Crippen molar-refractivity contribution in [2.75, 3.05) is 26.2 Å². The quantitative estimate of drug-likeness (QED) is 0.831. The Kier molecular flexibility index (Phi) is 5.91. The molecular formula is C27H33N2O2+. The summed E-state index contributed by atoms with van der Waals surface area (Å²) in [6.07, 6.45) is 4.72. The van der Waals surface area contributed by atoms with E-state index in [0.29, 0.717) is 17.7 Å². The Morgan fingerprint density at radius 2 is 1.35 bits per heavy atom. The minimum Gasteiger partial charge on any atom is -0.331 e. The number of piperazine rings is 1. The molecule has 0 aromatic heterocycles. The lowest BCUT2D eigenvalue weighted by molar-refractivity contribution is -0.929. The summed E-state index contributed by atoms with van der Waals surface area (Å²) in [6, 6.07) is 21.8. The lowest BCUT2D eigenvalue weighted by Gasteiger charge is -2.41. The Bertz CT molecular complexity index is 850. The number of rotatable bonds is 4. The molecule has 2 aliphatic carbocycles. The molecule has 1 heterocycles. The Morgan fingerprint density at radius 3 is 1.87 bits per heavy atom. The van der Waals surface area contributed by atoms with Crippen LogP contribution in [0.2, 0.25) is 0 Å². The van der Waals surface area contributed by atoms with Gasteiger partial charge >= 0.3 is 0 Å². The highest BCUT2D eigenvalue weighted by Crippen LogP contribution is 2.40. The summed E-state index contributed by atoms with van der Waals surface area (Å²) < 4.78 is 0. The second kappa shape index (κ2) is 8.96. The van der Waals surface area contributed by atoms with E-state index in [2.05, 4.69) is 65.6 Å². The minimum atomic E-state index is 0.0635. The summed E-state index contributed by atoms with van der Waals surface area (Å²) >= 11 is 0. The number of nitrogens with zero attached hydrogens (tertiary/aromatic N) is 1. The van der Waals surface area contributed by atoms with Gasteiger partial charge < -0.3 is 9.80 Å². The topological polar surface area (TPSA) is 41.8 Å². The average Bonchev–Trinajstić information content (AvgIpc) is 2.81. The Morgan fingerprint density at radius 1 is 0.839 bits per heavy atom. The molecule has 162 valence electrons. The average molecular weight is 418 g/mol. The Labute approximate surface area is 185 Å². The second-order valence-corrected chi connectivity index (χ2v) is 9.63. The molecule has 0 spiro atoms. The lowest BCUT2D eigenvalue weighted by atomic mass is 9.67. The monoisotopic (exact) mass is 417 g/mol. The maximum absolute atomic E-state index is 13.3. The molecule has 2 bridgehead atoms. The summed E-state index contributed by atoms with van der Waals surface area (Å²) in [5.41, 5.74) is 2.67. The van der Waals surface area contributed by atoms with Crippen molar-refractivity contribution in [2.24, 2.45) is 17.8 Å². The zero-order chi connectivity index (χ0) is 21.2. The number of amides is 1. The fraction of sp³-hybridized carbons (Fsp3) is 0.481. The molecule has 3 atom stereocenters. The molecule has 31 heavy (non-hydrogen) atoms. The standard InChI is InChI=1S/C27H32N2O2/c30-26-22-12-7-13-23(26)19-24(18-22)27(31)29-16-14-28(15-17-29)25(20-8-3-1-4-9-20)21-10-5-2-6-11-21/h1-6,8-11,22-25H,7,12-19H2/p+1/t22-,23+,24?. The number of carbonyl (C=O) groups excluding carboxylic acids is 2. The number of nitrogens with one attached hydrogen (secondary N) is 1. The highest BCUT2D eigenvalue weighted by Gasteiger charge is 2.43. The molecule has 0 radical (unpaired) electrons. The molecular weight excluding hydrogens is 384 g/mol. The van der Waals surface area contributed by atoms with Crippen LogP contribution in [-0.2, 0) is 9.59 Å². The van der Waals surface area contributed by atoms with Gasteiger partial charge in [0, 0.05) is 28.9 Å². The number of fused-ring (bicyclic) bond motifs is 2. The van der Waals surface area contributed by atoms with Crippen molar-refractivity contribution in [1.82, 2.24) is 4.90 Å². The van der Waals surface area contributed by atoms with Crippen LogP contribution in [0.3, 0.4) is 0 Å². The van der Waals surface area contributed by atoms with Crippen molar-refractivity contribution in [2.45, 2.75) is 38.1 Å². The van der Waals surface area contributed by atoms with E-state index in [1.54, 1.807) is 0 Å². The molecule has 4 heteroatoms. The van der Waals surface area contributed by atoms with Crippen molar-refractivity contribution in [1.29, 1.82) is 0 Å². The van der Waals surface area contributed by atoms with Crippen molar-refractivity contribution in [3.63, 3.8) is 0 Å². The number of benzene rings is 2. The Hall–Kier alpha value is -2.46. The first-order valence-electron chi connectivity index (χ1n) is 12.0. The summed E-state index contributed by atoms with van der Waals surface area (Å²) in [5.74, 6) is 1.11. The van der Waals surface area contributed by atoms with Crippen molar-refractivity contribution >= 4 is 11.7 Å². The molecule has 4 nitrogen and oxygen atoms in total. The maximum Gasteiger partial charge on any atom is 0.226 e. The third kappa shape index (κ3) is 4.18. The molecule has 2 aromatic rings. The number of carbonyl (C=O) groups is 2. The molecule has 1 N–H and O–H groups in total. The van der Waals surface area contributed by atoms with E-state index in [-0.39, 0.29) is 17.8 Å². The van der Waals surface area contributed by atoms with Gasteiger partial charge in [-0.25, -0.2) is 0 Å². The minimum absolute atomic E-state index is 0.0635. The normalized spacial score (nSPS) is 26.8. The fourth-order valence-electron chi connectivity index (χ4n) is 6.20. The largest absolute Gasteiger partial charge is 0.331 e. The number of Topliss-reactive ketones (excluding diaryl/α,β-unsaturated/α-hetero) is 1. The lowest BCUT2D eigenvalue weighted by Crippen LogP contribution is -3.15. The van der Waals surface area contributed by atoms with Gasteiger partial charge in [0.05, 0.1) is 26.2 Å². The number of hydrogen-bond acceptors (Lipinski definition) is 2. The van der Waals surface area contributed by atoms with Crippen LogP contribution in [-0.4, -0.2) is 42.8 Å². The van der Waals surface area contributed by atoms with Crippen LogP contribution in [0.25, 0.3) is 0 Å². The zero-order valence-electron chi connectivity index (χ0n) is 18.2. The highest BCUT2D eigenvalue weighted by molar-refractivity contribution is 5.88. The van der Waals surface area contributed by atoms with Crippen molar-refractivity contribution in [3.05, 3.63) is 71.8 Å². The number of ketones is 1. The van der Waals surface area contributed by atoms with Crippen LogP contribution in [0.15, 0.2) is 60.7 Å². The smallest absolute Gasteiger partial charge is 0.226 e. The summed E-state index contributed by atoms with van der Waals surface area (Å²) in [7, 11) is 0. The van der Waals surface area contributed by atoms with Gasteiger partial charge in [-0.3, -0.25) is 9.59 Å². The molecule has 1 unspecified atom stereocenters. The summed E-state index contributed by atoms with van der Waals surface area (Å²) in [4.78, 5) is 29.3. The predicted molar refractivity (Wildman–Crippen MR) is 121 cm³/mol. The van der Waals surface area contributed by atoms with Gasteiger partial charge in [0.2, 0.25) is 5.91 Å². The zero-order valence-corrected chi connectivity index (χ0v) is 18.2. The van der Waals surface area contributed by atoms with E-state index in [1.165, 1.54) is 16.0 Å². The number of quaternary nitrogens is 1. The molecule has 2 aromatic carbocycles. The van der Waals surface area contributed by atoms with E-state index in [4.69, 9.17) is 0 Å². The van der Waals surface area contributed by atoms with Gasteiger partial charge in [0.15, 0.2) is 0 Å². The molecule has 1 saturated heterocycles. The van der Waals surface area contributed by atoms with Gasteiger partial charge in [0.25, 0.3) is 0 Å². The van der Waals surface area contributed by atoms with Crippen LogP contribution in [0, 0.1) is 17.8 Å². The van der Waals surface area contributed by atoms with Crippen LogP contribution < -0.4 is 4.90 Å². The second-order valence-electron chi connectivity index (χ2n) is 9.63. The van der Waals surface area contributed by atoms with E-state index in [9.17, 15) is 9.59 Å². The van der Waals surface area contributed by atoms with Gasteiger partial charge in [-0.1, -0.05) is 67.1 Å². The van der Waals surface area contributed by atoms with Crippen LogP contribution in [0.5, 0.6) is 0 Å². The number of hydrogen-bond donors (Lipinski definition) is 1. The fourth-order valence-corrected chi connectivity index (χ4v) is 6.20. The molecule has 3 fully saturated rings. The van der Waals surface area contributed by atoms with E-state index in [0.717, 1.165) is 58.3 Å². The highest BCUT2D eigenvalue weighted by atomic mass is 16.2. The maximum atomic E-state index is 13.3. The molecule has 2 saturated carbocycles. The van der Waals surface area contributed by atoms with Crippen LogP contribution >= 0.6 is 0 Å². The first-order chi connectivity index (χ1) is 15.2. The third-order valence-corrected chi connectivity index (χ3v) is 7.79.